The number of hydrogen-bond donors (Lipinski definition) is 2. The lowest BCUT2D eigenvalue weighted by Gasteiger charge is -2.20. The first-order chi connectivity index (χ1) is 7.08. The molecule has 0 aliphatic heterocycles. The van der Waals surface area contributed by atoms with Gasteiger partial charge in [0, 0.05) is 13.1 Å². The van der Waals surface area contributed by atoms with Crippen LogP contribution in [0.15, 0.2) is 0 Å². The van der Waals surface area contributed by atoms with E-state index in [2.05, 4.69) is 0 Å². The van der Waals surface area contributed by atoms with Gasteiger partial charge in [0.15, 0.2) is 0 Å². The van der Waals surface area contributed by atoms with E-state index in [1.807, 2.05) is 6.92 Å². The van der Waals surface area contributed by atoms with Crippen molar-refractivity contribution in [1.29, 1.82) is 0 Å². The molecule has 0 aromatic heterocycles. The van der Waals surface area contributed by atoms with Crippen molar-refractivity contribution in [3.05, 3.63) is 0 Å². The van der Waals surface area contributed by atoms with E-state index in [4.69, 9.17) is 10.8 Å². The van der Waals surface area contributed by atoms with E-state index in [9.17, 15) is 8.42 Å². The molecule has 0 unspecified atom stereocenters. The zero-order valence-electron chi connectivity index (χ0n) is 9.35. The van der Waals surface area contributed by atoms with Crippen LogP contribution in [0.1, 0.15) is 26.2 Å². The van der Waals surface area contributed by atoms with Crippen LogP contribution < -0.4 is 5.73 Å². The van der Waals surface area contributed by atoms with Gasteiger partial charge < -0.3 is 10.8 Å². The third-order valence-electron chi connectivity index (χ3n) is 2.07. The molecule has 5 nitrogen and oxygen atoms in total. The molecule has 0 aliphatic rings. The Hall–Kier alpha value is -0.170. The van der Waals surface area contributed by atoms with Crippen LogP contribution in [0.4, 0.5) is 0 Å². The Kier molecular flexibility index (Phi) is 7.95. The molecule has 0 aromatic rings. The van der Waals surface area contributed by atoms with Crippen molar-refractivity contribution in [3.63, 3.8) is 0 Å². The van der Waals surface area contributed by atoms with Crippen LogP contribution in [0, 0.1) is 0 Å². The predicted octanol–water partition coefficient (Wildman–Crippen LogP) is -0.241. The minimum atomic E-state index is -3.20. The second kappa shape index (κ2) is 8.04. The lowest BCUT2D eigenvalue weighted by atomic mass is 10.3. The first-order valence-electron chi connectivity index (χ1n) is 5.37. The van der Waals surface area contributed by atoms with Crippen LogP contribution in [0.25, 0.3) is 0 Å². The van der Waals surface area contributed by atoms with Crippen molar-refractivity contribution >= 4 is 10.0 Å². The Bertz CT molecular complexity index is 236. The van der Waals surface area contributed by atoms with Gasteiger partial charge >= 0.3 is 0 Å². The third kappa shape index (κ3) is 6.09. The number of sulfonamides is 1. The fourth-order valence-corrected chi connectivity index (χ4v) is 2.96. The number of aliphatic hydroxyl groups is 1. The van der Waals surface area contributed by atoms with Crippen LogP contribution >= 0.6 is 0 Å². The maximum atomic E-state index is 11.8. The predicted molar refractivity (Wildman–Crippen MR) is 61.0 cm³/mol. The van der Waals surface area contributed by atoms with Crippen molar-refractivity contribution in [2.45, 2.75) is 26.2 Å². The van der Waals surface area contributed by atoms with E-state index in [1.165, 1.54) is 4.31 Å². The fraction of sp³-hybridized carbons (Fsp3) is 1.00. The van der Waals surface area contributed by atoms with Gasteiger partial charge in [-0.1, -0.05) is 6.92 Å². The van der Waals surface area contributed by atoms with Crippen LogP contribution in [0.5, 0.6) is 0 Å². The highest BCUT2D eigenvalue weighted by Gasteiger charge is 2.19. The average Bonchev–Trinajstić information content (AvgIpc) is 2.18. The molecule has 0 aromatic carbocycles. The van der Waals surface area contributed by atoms with E-state index in [0.717, 1.165) is 12.8 Å². The SMILES string of the molecule is CCCN(CCO)S(=O)(=O)CCCCN. The number of nitrogens with zero attached hydrogens (tertiary/aromatic N) is 1. The molecular weight excluding hydrogens is 216 g/mol. The van der Waals surface area contributed by atoms with Crippen molar-refractivity contribution < 1.29 is 13.5 Å². The molecule has 0 fully saturated rings. The zero-order chi connectivity index (χ0) is 11.7. The van der Waals surface area contributed by atoms with Gasteiger partial charge in [-0.05, 0) is 25.8 Å². The number of nitrogens with two attached hydrogens (primary N) is 1. The lowest BCUT2D eigenvalue weighted by molar-refractivity contribution is 0.253. The van der Waals surface area contributed by atoms with E-state index in [1.54, 1.807) is 0 Å². The topological polar surface area (TPSA) is 83.6 Å². The molecule has 3 N–H and O–H groups in total. The Balaban J connectivity index is 4.22. The third-order valence-corrected chi connectivity index (χ3v) is 4.03. The van der Waals surface area contributed by atoms with Crippen LogP contribution in [-0.2, 0) is 10.0 Å². The van der Waals surface area contributed by atoms with Gasteiger partial charge in [0.2, 0.25) is 10.0 Å². The van der Waals surface area contributed by atoms with Gasteiger partial charge in [0.05, 0.1) is 12.4 Å². The quantitative estimate of drug-likeness (QED) is 0.543. The number of rotatable bonds is 9. The maximum Gasteiger partial charge on any atom is 0.214 e. The van der Waals surface area contributed by atoms with Crippen molar-refractivity contribution in [2.24, 2.45) is 5.73 Å². The highest BCUT2D eigenvalue weighted by molar-refractivity contribution is 7.89. The summed E-state index contributed by atoms with van der Waals surface area (Å²) in [7, 11) is -3.20. The summed E-state index contributed by atoms with van der Waals surface area (Å²) in [5, 5.41) is 8.77. The molecule has 6 heteroatoms. The van der Waals surface area contributed by atoms with Crippen LogP contribution in [0.3, 0.4) is 0 Å². The molecule has 0 rings (SSSR count). The largest absolute Gasteiger partial charge is 0.395 e. The molecule has 0 atom stereocenters. The van der Waals surface area contributed by atoms with Gasteiger partial charge in [-0.2, -0.15) is 4.31 Å². The molecule has 0 saturated carbocycles. The molecule has 0 radical (unpaired) electrons. The van der Waals surface area contributed by atoms with Gasteiger partial charge in [-0.3, -0.25) is 0 Å². The maximum absolute atomic E-state index is 11.8. The summed E-state index contributed by atoms with van der Waals surface area (Å²) in [6.45, 7) is 2.98. The van der Waals surface area contributed by atoms with Crippen LogP contribution in [-0.4, -0.2) is 49.8 Å². The molecule has 15 heavy (non-hydrogen) atoms. The summed E-state index contributed by atoms with van der Waals surface area (Å²) in [6.07, 6.45) is 2.07. The van der Waals surface area contributed by atoms with E-state index >= 15 is 0 Å². The Labute approximate surface area is 92.3 Å². The normalized spacial score (nSPS) is 12.3. The Morgan fingerprint density at radius 2 is 1.93 bits per heavy atom. The molecule has 0 aliphatic carbocycles. The summed E-state index contributed by atoms with van der Waals surface area (Å²) >= 11 is 0. The number of hydrogen-bond acceptors (Lipinski definition) is 4. The van der Waals surface area contributed by atoms with Gasteiger partial charge in [0.1, 0.15) is 0 Å². The molecule has 0 heterocycles. The summed E-state index contributed by atoms with van der Waals surface area (Å²) in [5.41, 5.74) is 5.30. The standard InChI is InChI=1S/C9H22N2O3S/c1-2-6-11(7-8-12)15(13,14)9-4-3-5-10/h12H,2-10H2,1H3. The smallest absolute Gasteiger partial charge is 0.214 e. The Morgan fingerprint density at radius 3 is 2.40 bits per heavy atom. The number of aliphatic hydroxyl groups excluding tert-OH is 1. The molecule has 0 saturated heterocycles. The molecule has 0 spiro atoms. The molecule has 0 bridgehead atoms. The lowest BCUT2D eigenvalue weighted by Crippen LogP contribution is -2.36. The second-order valence-corrected chi connectivity index (χ2v) is 5.52. The summed E-state index contributed by atoms with van der Waals surface area (Å²) in [6, 6.07) is 0. The summed E-state index contributed by atoms with van der Waals surface area (Å²) in [4.78, 5) is 0. The van der Waals surface area contributed by atoms with Gasteiger partial charge in [-0.15, -0.1) is 0 Å². The van der Waals surface area contributed by atoms with E-state index in [0.29, 0.717) is 19.5 Å². The van der Waals surface area contributed by atoms with Gasteiger partial charge in [0.25, 0.3) is 0 Å². The summed E-state index contributed by atoms with van der Waals surface area (Å²) in [5.74, 6) is 0.129. The minimum Gasteiger partial charge on any atom is -0.395 e. The van der Waals surface area contributed by atoms with Crippen LogP contribution in [0.2, 0.25) is 0 Å². The highest BCUT2D eigenvalue weighted by Crippen LogP contribution is 2.05. The van der Waals surface area contributed by atoms with Crippen molar-refractivity contribution in [3.8, 4) is 0 Å². The van der Waals surface area contributed by atoms with Crippen molar-refractivity contribution in [1.82, 2.24) is 4.31 Å². The van der Waals surface area contributed by atoms with E-state index < -0.39 is 10.0 Å². The van der Waals surface area contributed by atoms with E-state index in [-0.39, 0.29) is 18.9 Å². The number of unbranched alkanes of at least 4 members (excludes halogenated alkanes) is 1. The monoisotopic (exact) mass is 238 g/mol. The second-order valence-electron chi connectivity index (χ2n) is 3.43. The fourth-order valence-electron chi connectivity index (χ4n) is 1.31. The average molecular weight is 238 g/mol. The minimum absolute atomic E-state index is 0.129. The summed E-state index contributed by atoms with van der Waals surface area (Å²) < 4.78 is 24.9. The zero-order valence-corrected chi connectivity index (χ0v) is 10.2. The first-order valence-corrected chi connectivity index (χ1v) is 6.98. The highest BCUT2D eigenvalue weighted by atomic mass is 32.2. The molecule has 0 amide bonds. The molecule has 92 valence electrons. The molecular formula is C9H22N2O3S. The Morgan fingerprint density at radius 1 is 1.27 bits per heavy atom. The van der Waals surface area contributed by atoms with Crippen molar-refractivity contribution in [2.75, 3.05) is 32.0 Å². The van der Waals surface area contributed by atoms with Gasteiger partial charge in [-0.25, -0.2) is 8.42 Å². The first kappa shape index (κ1) is 14.8.